The third kappa shape index (κ3) is 2.77. The Morgan fingerprint density at radius 2 is 1.89 bits per heavy atom. The zero-order chi connectivity index (χ0) is 13.2. The van der Waals surface area contributed by atoms with Crippen molar-refractivity contribution >= 4 is 5.69 Å². The van der Waals surface area contributed by atoms with Crippen LogP contribution in [0, 0.1) is 0 Å². The summed E-state index contributed by atoms with van der Waals surface area (Å²) >= 11 is 0. The summed E-state index contributed by atoms with van der Waals surface area (Å²) in [4.78, 5) is 4.97. The molecule has 0 atom stereocenters. The Hall–Kier alpha value is -1.06. The van der Waals surface area contributed by atoms with Crippen molar-refractivity contribution < 1.29 is 4.74 Å². The summed E-state index contributed by atoms with van der Waals surface area (Å²) in [6, 6.07) is 9.78. The first-order valence-electron chi connectivity index (χ1n) is 7.41. The molecule has 0 N–H and O–H groups in total. The number of rotatable bonds is 3. The van der Waals surface area contributed by atoms with Gasteiger partial charge < -0.3 is 9.64 Å². The van der Waals surface area contributed by atoms with Gasteiger partial charge in [-0.2, -0.15) is 0 Å². The second-order valence-electron chi connectivity index (χ2n) is 5.94. The van der Waals surface area contributed by atoms with Crippen molar-refractivity contribution in [1.82, 2.24) is 4.90 Å². The topological polar surface area (TPSA) is 15.7 Å². The average molecular weight is 260 g/mol. The van der Waals surface area contributed by atoms with E-state index in [0.717, 1.165) is 32.2 Å². The Morgan fingerprint density at radius 3 is 2.58 bits per heavy atom. The van der Waals surface area contributed by atoms with Crippen LogP contribution in [0.1, 0.15) is 25.3 Å². The summed E-state index contributed by atoms with van der Waals surface area (Å²) in [5.41, 5.74) is 2.87. The van der Waals surface area contributed by atoms with Crippen LogP contribution in [0.3, 0.4) is 0 Å². The Bertz CT molecular complexity index is 421. The summed E-state index contributed by atoms with van der Waals surface area (Å²) in [6.45, 7) is 10.7. The van der Waals surface area contributed by atoms with Gasteiger partial charge in [0.2, 0.25) is 0 Å². The third-order valence-electron chi connectivity index (χ3n) is 4.36. The highest BCUT2D eigenvalue weighted by Crippen LogP contribution is 2.30. The SMILES string of the molecule is CC(C)N1CC(c2cccc(N3CCOCC3)c2)C1. The molecule has 2 heterocycles. The molecule has 104 valence electrons. The van der Waals surface area contributed by atoms with E-state index < -0.39 is 0 Å². The van der Waals surface area contributed by atoms with E-state index in [1.165, 1.54) is 24.3 Å². The molecule has 3 rings (SSSR count). The molecule has 1 aromatic rings. The van der Waals surface area contributed by atoms with Crippen molar-refractivity contribution in [1.29, 1.82) is 0 Å². The molecular weight excluding hydrogens is 236 g/mol. The number of ether oxygens (including phenoxy) is 1. The van der Waals surface area contributed by atoms with Gasteiger partial charge >= 0.3 is 0 Å². The van der Waals surface area contributed by atoms with Crippen LogP contribution in [0.5, 0.6) is 0 Å². The molecule has 19 heavy (non-hydrogen) atoms. The maximum absolute atomic E-state index is 5.42. The van der Waals surface area contributed by atoms with Crippen LogP contribution in [0.25, 0.3) is 0 Å². The van der Waals surface area contributed by atoms with E-state index >= 15 is 0 Å². The largest absolute Gasteiger partial charge is 0.378 e. The highest BCUT2D eigenvalue weighted by atomic mass is 16.5. The first kappa shape index (κ1) is 12.9. The Labute approximate surface area is 116 Å². The van der Waals surface area contributed by atoms with Crippen LogP contribution in [0.15, 0.2) is 24.3 Å². The molecule has 0 aliphatic carbocycles. The van der Waals surface area contributed by atoms with E-state index in [1.807, 2.05) is 0 Å². The van der Waals surface area contributed by atoms with E-state index in [0.29, 0.717) is 6.04 Å². The van der Waals surface area contributed by atoms with Crippen LogP contribution in [-0.2, 0) is 4.74 Å². The quantitative estimate of drug-likeness (QED) is 0.829. The summed E-state index contributed by atoms with van der Waals surface area (Å²) in [5.74, 6) is 0.725. The molecule has 2 saturated heterocycles. The Morgan fingerprint density at radius 1 is 1.16 bits per heavy atom. The van der Waals surface area contributed by atoms with Gasteiger partial charge in [-0.05, 0) is 31.5 Å². The molecule has 0 radical (unpaired) electrons. The van der Waals surface area contributed by atoms with E-state index in [9.17, 15) is 0 Å². The summed E-state index contributed by atoms with van der Waals surface area (Å²) in [5, 5.41) is 0. The predicted octanol–water partition coefficient (Wildman–Crippen LogP) is 2.33. The van der Waals surface area contributed by atoms with Crippen molar-refractivity contribution in [3.05, 3.63) is 29.8 Å². The van der Waals surface area contributed by atoms with Crippen LogP contribution in [0.4, 0.5) is 5.69 Å². The van der Waals surface area contributed by atoms with Gasteiger partial charge in [0.25, 0.3) is 0 Å². The predicted molar refractivity (Wildman–Crippen MR) is 78.9 cm³/mol. The zero-order valence-electron chi connectivity index (χ0n) is 12.0. The van der Waals surface area contributed by atoms with Gasteiger partial charge in [-0.15, -0.1) is 0 Å². The van der Waals surface area contributed by atoms with Crippen molar-refractivity contribution in [3.63, 3.8) is 0 Å². The molecule has 0 saturated carbocycles. The fraction of sp³-hybridized carbons (Fsp3) is 0.625. The van der Waals surface area contributed by atoms with Gasteiger partial charge in [0, 0.05) is 43.8 Å². The van der Waals surface area contributed by atoms with Crippen LogP contribution >= 0.6 is 0 Å². The van der Waals surface area contributed by atoms with Gasteiger partial charge in [0.15, 0.2) is 0 Å². The van der Waals surface area contributed by atoms with E-state index in [1.54, 1.807) is 0 Å². The molecule has 2 aliphatic rings. The van der Waals surface area contributed by atoms with Crippen molar-refractivity contribution in [2.45, 2.75) is 25.8 Å². The lowest BCUT2D eigenvalue weighted by atomic mass is 9.90. The molecule has 1 aromatic carbocycles. The van der Waals surface area contributed by atoms with E-state index in [4.69, 9.17) is 4.74 Å². The monoisotopic (exact) mass is 260 g/mol. The maximum Gasteiger partial charge on any atom is 0.0642 e. The number of benzene rings is 1. The number of morpholine rings is 1. The smallest absolute Gasteiger partial charge is 0.0642 e. The van der Waals surface area contributed by atoms with E-state index in [-0.39, 0.29) is 0 Å². The first-order chi connectivity index (χ1) is 9.24. The van der Waals surface area contributed by atoms with Crippen molar-refractivity contribution in [2.24, 2.45) is 0 Å². The lowest BCUT2D eigenvalue weighted by Crippen LogP contribution is -2.48. The summed E-state index contributed by atoms with van der Waals surface area (Å²) in [7, 11) is 0. The standard InChI is InChI=1S/C16H24N2O/c1-13(2)18-11-15(12-18)14-4-3-5-16(10-14)17-6-8-19-9-7-17/h3-5,10,13,15H,6-9,11-12H2,1-2H3. The molecule has 2 fully saturated rings. The highest BCUT2D eigenvalue weighted by Gasteiger charge is 2.29. The molecular formula is C16H24N2O. The van der Waals surface area contributed by atoms with Gasteiger partial charge in [-0.25, -0.2) is 0 Å². The summed E-state index contributed by atoms with van der Waals surface area (Å²) < 4.78 is 5.42. The fourth-order valence-electron chi connectivity index (χ4n) is 2.94. The fourth-order valence-corrected chi connectivity index (χ4v) is 2.94. The van der Waals surface area contributed by atoms with Gasteiger partial charge in [-0.1, -0.05) is 12.1 Å². The molecule has 0 spiro atoms. The second kappa shape index (κ2) is 5.51. The number of hydrogen-bond acceptors (Lipinski definition) is 3. The number of likely N-dealkylation sites (tertiary alicyclic amines) is 1. The van der Waals surface area contributed by atoms with Gasteiger partial charge in [-0.3, -0.25) is 4.90 Å². The molecule has 3 heteroatoms. The number of anilines is 1. The Balaban J connectivity index is 1.67. The van der Waals surface area contributed by atoms with Crippen molar-refractivity contribution in [2.75, 3.05) is 44.3 Å². The minimum Gasteiger partial charge on any atom is -0.378 e. The van der Waals surface area contributed by atoms with E-state index in [2.05, 4.69) is 47.9 Å². The molecule has 0 bridgehead atoms. The highest BCUT2D eigenvalue weighted by molar-refractivity contribution is 5.50. The Kier molecular flexibility index (Phi) is 3.76. The van der Waals surface area contributed by atoms with Crippen LogP contribution < -0.4 is 4.90 Å². The number of nitrogens with zero attached hydrogens (tertiary/aromatic N) is 2. The van der Waals surface area contributed by atoms with Gasteiger partial charge in [0.05, 0.1) is 13.2 Å². The van der Waals surface area contributed by atoms with Gasteiger partial charge in [0.1, 0.15) is 0 Å². The molecule has 0 unspecified atom stereocenters. The lowest BCUT2D eigenvalue weighted by molar-refractivity contribution is 0.110. The molecule has 3 nitrogen and oxygen atoms in total. The minimum absolute atomic E-state index is 0.679. The molecule has 0 aromatic heterocycles. The second-order valence-corrected chi connectivity index (χ2v) is 5.94. The molecule has 0 amide bonds. The number of hydrogen-bond donors (Lipinski definition) is 0. The van der Waals surface area contributed by atoms with Crippen molar-refractivity contribution in [3.8, 4) is 0 Å². The van der Waals surface area contributed by atoms with Crippen LogP contribution in [0.2, 0.25) is 0 Å². The average Bonchev–Trinajstić information content (AvgIpc) is 2.38. The lowest BCUT2D eigenvalue weighted by Gasteiger charge is -2.42. The third-order valence-corrected chi connectivity index (χ3v) is 4.36. The molecule has 2 aliphatic heterocycles. The minimum atomic E-state index is 0.679. The first-order valence-corrected chi connectivity index (χ1v) is 7.41. The zero-order valence-corrected chi connectivity index (χ0v) is 12.0. The van der Waals surface area contributed by atoms with Crippen LogP contribution in [-0.4, -0.2) is 50.3 Å². The summed E-state index contributed by atoms with van der Waals surface area (Å²) in [6.07, 6.45) is 0. The normalized spacial score (nSPS) is 21.7. The maximum atomic E-state index is 5.42.